The third kappa shape index (κ3) is 4.77. The van der Waals surface area contributed by atoms with Crippen molar-refractivity contribution in [2.45, 2.75) is 13.8 Å². The monoisotopic (exact) mass is 143 g/mol. The summed E-state index contributed by atoms with van der Waals surface area (Å²) < 4.78 is 0. The second-order valence-electron chi connectivity index (χ2n) is 2.61. The highest BCUT2D eigenvalue weighted by Crippen LogP contribution is 1.86. The van der Waals surface area contributed by atoms with E-state index in [0.29, 0.717) is 0 Å². The van der Waals surface area contributed by atoms with Crippen LogP contribution >= 0.6 is 0 Å². The molecule has 0 saturated carbocycles. The van der Waals surface area contributed by atoms with E-state index in [9.17, 15) is 0 Å². The van der Waals surface area contributed by atoms with Gasteiger partial charge in [0.15, 0.2) is 0 Å². The fourth-order valence-corrected chi connectivity index (χ4v) is 0.852. The van der Waals surface area contributed by atoms with Crippen molar-refractivity contribution in [3.63, 3.8) is 0 Å². The number of likely N-dealkylation sites (N-methyl/N-ethyl adjacent to an activating group) is 2. The minimum atomic E-state index is 1.06. The lowest BCUT2D eigenvalue weighted by molar-refractivity contribution is 0.270. The van der Waals surface area contributed by atoms with E-state index in [1.54, 1.807) is 0 Å². The van der Waals surface area contributed by atoms with Gasteiger partial charge in [-0.25, -0.2) is 0 Å². The molecule has 0 fully saturated rings. The maximum Gasteiger partial charge on any atom is 0.0109 e. The molecule has 0 aliphatic carbocycles. The van der Waals surface area contributed by atoms with Gasteiger partial charge in [0.2, 0.25) is 0 Å². The molecule has 0 heterocycles. The Balaban J connectivity index is 3.26. The van der Waals surface area contributed by atoms with Crippen molar-refractivity contribution in [1.29, 1.82) is 0 Å². The first-order valence-electron chi connectivity index (χ1n) is 3.94. The molecule has 0 saturated heterocycles. The SMILES string of the molecule is [CH2]N(C)CCN(CC)CC. The van der Waals surface area contributed by atoms with Gasteiger partial charge in [0.1, 0.15) is 0 Å². The van der Waals surface area contributed by atoms with Crippen molar-refractivity contribution in [3.8, 4) is 0 Å². The van der Waals surface area contributed by atoms with E-state index in [0.717, 1.165) is 26.2 Å². The molecule has 0 rings (SSSR count). The minimum absolute atomic E-state index is 1.06. The Morgan fingerprint density at radius 3 is 1.90 bits per heavy atom. The van der Waals surface area contributed by atoms with Crippen LogP contribution in [0.3, 0.4) is 0 Å². The van der Waals surface area contributed by atoms with Gasteiger partial charge >= 0.3 is 0 Å². The topological polar surface area (TPSA) is 6.48 Å². The summed E-state index contributed by atoms with van der Waals surface area (Å²) in [6.45, 7) is 8.85. The van der Waals surface area contributed by atoms with Crippen LogP contribution in [0.2, 0.25) is 0 Å². The summed E-state index contributed by atoms with van der Waals surface area (Å²) in [7, 11) is 5.79. The molecule has 0 aliphatic rings. The van der Waals surface area contributed by atoms with Crippen LogP contribution in [-0.4, -0.2) is 43.0 Å². The number of hydrogen-bond donors (Lipinski definition) is 0. The molecule has 0 N–H and O–H groups in total. The smallest absolute Gasteiger partial charge is 0.0109 e. The second kappa shape index (κ2) is 5.69. The van der Waals surface area contributed by atoms with Crippen molar-refractivity contribution < 1.29 is 0 Å². The zero-order chi connectivity index (χ0) is 7.98. The lowest BCUT2D eigenvalue weighted by Gasteiger charge is -2.19. The molecule has 0 aromatic rings. The molecule has 10 heavy (non-hydrogen) atoms. The van der Waals surface area contributed by atoms with E-state index in [4.69, 9.17) is 0 Å². The largest absolute Gasteiger partial charge is 0.304 e. The highest BCUT2D eigenvalue weighted by molar-refractivity contribution is 4.55. The van der Waals surface area contributed by atoms with Crippen LogP contribution in [0.25, 0.3) is 0 Å². The van der Waals surface area contributed by atoms with Crippen molar-refractivity contribution in [1.82, 2.24) is 9.80 Å². The molecule has 0 unspecified atom stereocenters. The van der Waals surface area contributed by atoms with Gasteiger partial charge in [-0.3, -0.25) is 0 Å². The summed E-state index contributed by atoms with van der Waals surface area (Å²) in [4.78, 5) is 4.36. The van der Waals surface area contributed by atoms with E-state index in [1.807, 2.05) is 11.9 Å². The molecular weight excluding hydrogens is 124 g/mol. The summed E-state index contributed by atoms with van der Waals surface area (Å²) in [6, 6.07) is 0. The standard InChI is InChI=1S/C8H19N2/c1-5-10(6-2)8-7-9(3)4/h3,5-8H2,1-2,4H3. The maximum atomic E-state index is 3.79. The normalized spacial score (nSPS) is 11.4. The number of rotatable bonds is 5. The molecule has 2 nitrogen and oxygen atoms in total. The number of nitrogens with zero attached hydrogens (tertiary/aromatic N) is 2. The Morgan fingerprint density at radius 1 is 1.10 bits per heavy atom. The zero-order valence-corrected chi connectivity index (χ0v) is 7.43. The van der Waals surface area contributed by atoms with Crippen LogP contribution < -0.4 is 0 Å². The van der Waals surface area contributed by atoms with Crippen molar-refractivity contribution in [3.05, 3.63) is 7.05 Å². The molecule has 0 amide bonds. The van der Waals surface area contributed by atoms with Crippen LogP contribution in [0.4, 0.5) is 0 Å². The lowest BCUT2D eigenvalue weighted by atomic mass is 10.4. The molecule has 0 aromatic carbocycles. The summed E-state index contributed by atoms with van der Waals surface area (Å²) in [5, 5.41) is 0. The molecular formula is C8H19N2. The minimum Gasteiger partial charge on any atom is -0.304 e. The quantitative estimate of drug-likeness (QED) is 0.567. The zero-order valence-electron chi connectivity index (χ0n) is 7.43. The second-order valence-corrected chi connectivity index (χ2v) is 2.61. The molecule has 0 atom stereocenters. The average molecular weight is 143 g/mol. The van der Waals surface area contributed by atoms with Crippen LogP contribution in [0.1, 0.15) is 13.8 Å². The first-order chi connectivity index (χ1) is 4.70. The third-order valence-corrected chi connectivity index (χ3v) is 1.69. The molecule has 0 aliphatic heterocycles. The molecule has 0 bridgehead atoms. The lowest BCUT2D eigenvalue weighted by Crippen LogP contribution is -2.30. The van der Waals surface area contributed by atoms with Gasteiger partial charge in [-0.1, -0.05) is 13.8 Å². The predicted molar refractivity (Wildman–Crippen MR) is 45.8 cm³/mol. The van der Waals surface area contributed by atoms with Gasteiger partial charge in [-0.2, -0.15) is 0 Å². The van der Waals surface area contributed by atoms with Crippen molar-refractivity contribution in [2.75, 3.05) is 33.2 Å². The summed E-state index contributed by atoms with van der Waals surface area (Å²) >= 11 is 0. The van der Waals surface area contributed by atoms with E-state index < -0.39 is 0 Å². The van der Waals surface area contributed by atoms with E-state index >= 15 is 0 Å². The summed E-state index contributed by atoms with van der Waals surface area (Å²) in [5.74, 6) is 0. The molecule has 1 radical (unpaired) electrons. The Morgan fingerprint density at radius 2 is 1.60 bits per heavy atom. The fraction of sp³-hybridized carbons (Fsp3) is 0.875. The Hall–Kier alpha value is -0.0800. The van der Waals surface area contributed by atoms with Gasteiger partial charge in [0.05, 0.1) is 0 Å². The highest BCUT2D eigenvalue weighted by Gasteiger charge is 1.97. The average Bonchev–Trinajstić information content (AvgIpc) is 1.90. The van der Waals surface area contributed by atoms with Gasteiger partial charge in [0.25, 0.3) is 0 Å². The Bertz CT molecular complexity index is 67.7. The summed E-state index contributed by atoms with van der Waals surface area (Å²) in [5.41, 5.74) is 0. The van der Waals surface area contributed by atoms with Crippen LogP contribution in [0.15, 0.2) is 0 Å². The first-order valence-corrected chi connectivity index (χ1v) is 3.94. The highest BCUT2D eigenvalue weighted by atomic mass is 15.2. The van der Waals surface area contributed by atoms with Gasteiger partial charge in [-0.15, -0.1) is 0 Å². The predicted octanol–water partition coefficient (Wildman–Crippen LogP) is 1.05. The van der Waals surface area contributed by atoms with Crippen LogP contribution in [0, 0.1) is 7.05 Å². The Kier molecular flexibility index (Phi) is 5.64. The molecule has 2 heteroatoms. The Labute approximate surface area is 64.8 Å². The van der Waals surface area contributed by atoms with Crippen molar-refractivity contribution in [2.24, 2.45) is 0 Å². The molecule has 0 aromatic heterocycles. The molecule has 61 valence electrons. The first kappa shape index (κ1) is 9.92. The van der Waals surface area contributed by atoms with Gasteiger partial charge < -0.3 is 9.80 Å². The number of hydrogen-bond acceptors (Lipinski definition) is 2. The maximum absolute atomic E-state index is 3.79. The van der Waals surface area contributed by atoms with Crippen molar-refractivity contribution >= 4 is 0 Å². The van der Waals surface area contributed by atoms with Gasteiger partial charge in [-0.05, 0) is 20.1 Å². The third-order valence-electron chi connectivity index (χ3n) is 1.69. The van der Waals surface area contributed by atoms with E-state index in [-0.39, 0.29) is 0 Å². The van der Waals surface area contributed by atoms with Crippen LogP contribution in [-0.2, 0) is 0 Å². The molecule has 0 spiro atoms. The fourth-order valence-electron chi connectivity index (χ4n) is 0.852. The van der Waals surface area contributed by atoms with E-state index in [2.05, 4.69) is 25.8 Å². The van der Waals surface area contributed by atoms with E-state index in [1.165, 1.54) is 0 Å². The van der Waals surface area contributed by atoms with Crippen LogP contribution in [0.5, 0.6) is 0 Å². The van der Waals surface area contributed by atoms with Gasteiger partial charge in [0, 0.05) is 20.1 Å². The summed E-state index contributed by atoms with van der Waals surface area (Å²) in [6.07, 6.45) is 0.